The van der Waals surface area contributed by atoms with Crippen LogP contribution in [0.2, 0.25) is 0 Å². The van der Waals surface area contributed by atoms with Crippen molar-refractivity contribution in [3.8, 4) is 0 Å². The van der Waals surface area contributed by atoms with Crippen LogP contribution in [0.4, 0.5) is 0 Å². The lowest BCUT2D eigenvalue weighted by atomic mass is 9.96. The molecule has 0 bridgehead atoms. The van der Waals surface area contributed by atoms with Gasteiger partial charge in [-0.05, 0) is 50.3 Å². The van der Waals surface area contributed by atoms with Crippen LogP contribution in [-0.4, -0.2) is 6.54 Å². The van der Waals surface area contributed by atoms with Gasteiger partial charge in [-0.25, -0.2) is 0 Å². The fraction of sp³-hybridized carbons (Fsp3) is 0.429. The molecule has 118 valence electrons. The summed E-state index contributed by atoms with van der Waals surface area (Å²) >= 11 is 0. The van der Waals surface area contributed by atoms with E-state index in [0.717, 1.165) is 12.5 Å². The Bertz CT molecular complexity index is 538. The first-order valence-electron chi connectivity index (χ1n) is 8.59. The minimum Gasteiger partial charge on any atom is -0.306 e. The van der Waals surface area contributed by atoms with Gasteiger partial charge in [0.25, 0.3) is 0 Å². The summed E-state index contributed by atoms with van der Waals surface area (Å²) in [4.78, 5) is 0. The lowest BCUT2D eigenvalue weighted by molar-refractivity contribution is 0.573. The van der Waals surface area contributed by atoms with Crippen LogP contribution in [0.5, 0.6) is 0 Å². The van der Waals surface area contributed by atoms with E-state index in [1.54, 1.807) is 0 Å². The quantitative estimate of drug-likeness (QED) is 0.776. The second-order valence-electron chi connectivity index (χ2n) is 6.11. The van der Waals surface area contributed by atoms with Gasteiger partial charge in [0.05, 0.1) is 6.04 Å². The molecule has 0 aliphatic heterocycles. The third kappa shape index (κ3) is 4.71. The number of nitrogens with one attached hydrogen (secondary N) is 1. The van der Waals surface area contributed by atoms with Crippen LogP contribution >= 0.6 is 0 Å². The molecule has 0 aromatic heterocycles. The number of hydrogen-bond acceptors (Lipinski definition) is 1. The van der Waals surface area contributed by atoms with Crippen molar-refractivity contribution in [1.29, 1.82) is 0 Å². The molecule has 22 heavy (non-hydrogen) atoms. The highest BCUT2D eigenvalue weighted by Gasteiger charge is 2.23. The van der Waals surface area contributed by atoms with Gasteiger partial charge in [0.1, 0.15) is 0 Å². The molecular formula is C21H29N. The normalized spacial score (nSPS) is 13.7. The van der Waals surface area contributed by atoms with Gasteiger partial charge in [0.2, 0.25) is 0 Å². The topological polar surface area (TPSA) is 12.0 Å². The maximum absolute atomic E-state index is 3.77. The predicted molar refractivity (Wildman–Crippen MR) is 96.3 cm³/mol. The molecule has 3 rings (SSSR count). The molecule has 1 saturated carbocycles. The van der Waals surface area contributed by atoms with Gasteiger partial charge < -0.3 is 5.32 Å². The Morgan fingerprint density at radius 2 is 1.41 bits per heavy atom. The Labute approximate surface area is 135 Å². The largest absolute Gasteiger partial charge is 0.306 e. The van der Waals surface area contributed by atoms with Gasteiger partial charge in [0.15, 0.2) is 0 Å². The first-order valence-corrected chi connectivity index (χ1v) is 8.59. The zero-order chi connectivity index (χ0) is 15.9. The van der Waals surface area contributed by atoms with E-state index < -0.39 is 0 Å². The summed E-state index contributed by atoms with van der Waals surface area (Å²) in [5, 5.41) is 3.77. The molecule has 1 N–H and O–H groups in total. The van der Waals surface area contributed by atoms with Gasteiger partial charge in [-0.2, -0.15) is 0 Å². The van der Waals surface area contributed by atoms with E-state index >= 15 is 0 Å². The molecule has 0 saturated heterocycles. The zero-order valence-electron chi connectivity index (χ0n) is 14.4. The second kappa shape index (κ2) is 8.14. The number of rotatable bonds is 5. The van der Waals surface area contributed by atoms with E-state index in [9.17, 15) is 0 Å². The summed E-state index contributed by atoms with van der Waals surface area (Å²) in [6, 6.07) is 18.0. The van der Waals surface area contributed by atoms with Crippen LogP contribution in [0.15, 0.2) is 48.5 Å². The van der Waals surface area contributed by atoms with Gasteiger partial charge in [0, 0.05) is 0 Å². The molecule has 0 atom stereocenters. The summed E-state index contributed by atoms with van der Waals surface area (Å²) in [5.74, 6) is 0.895. The molecule has 0 heterocycles. The van der Waals surface area contributed by atoms with Crippen molar-refractivity contribution < 1.29 is 0 Å². The molecule has 0 spiro atoms. The molecule has 0 unspecified atom stereocenters. The van der Waals surface area contributed by atoms with Crippen molar-refractivity contribution in [1.82, 2.24) is 5.32 Å². The van der Waals surface area contributed by atoms with Crippen molar-refractivity contribution in [3.05, 3.63) is 70.8 Å². The van der Waals surface area contributed by atoms with E-state index in [1.807, 2.05) is 13.8 Å². The molecular weight excluding hydrogens is 266 g/mol. The summed E-state index contributed by atoms with van der Waals surface area (Å²) < 4.78 is 0. The summed E-state index contributed by atoms with van der Waals surface area (Å²) in [7, 11) is 0. The molecule has 1 nitrogen and oxygen atoms in total. The Morgan fingerprint density at radius 3 is 1.82 bits per heavy atom. The molecule has 0 amide bonds. The van der Waals surface area contributed by atoms with Crippen molar-refractivity contribution in [2.24, 2.45) is 5.92 Å². The van der Waals surface area contributed by atoms with Crippen LogP contribution in [0, 0.1) is 19.8 Å². The Morgan fingerprint density at radius 1 is 0.909 bits per heavy atom. The van der Waals surface area contributed by atoms with Crippen LogP contribution in [0.25, 0.3) is 0 Å². The van der Waals surface area contributed by atoms with Crippen LogP contribution in [0.3, 0.4) is 0 Å². The van der Waals surface area contributed by atoms with Gasteiger partial charge in [-0.15, -0.1) is 0 Å². The molecule has 1 aliphatic rings. The maximum atomic E-state index is 3.77. The Kier molecular flexibility index (Phi) is 6.21. The Hall–Kier alpha value is -1.60. The van der Waals surface area contributed by atoms with Gasteiger partial charge >= 0.3 is 0 Å². The highest BCUT2D eigenvalue weighted by atomic mass is 14.9. The lowest BCUT2D eigenvalue weighted by Gasteiger charge is -2.21. The van der Waals surface area contributed by atoms with E-state index in [0.29, 0.717) is 6.04 Å². The molecule has 2 aromatic rings. The second-order valence-corrected chi connectivity index (χ2v) is 6.11. The fourth-order valence-corrected chi connectivity index (χ4v) is 2.73. The fourth-order valence-electron chi connectivity index (χ4n) is 2.73. The third-order valence-corrected chi connectivity index (χ3v) is 4.06. The van der Waals surface area contributed by atoms with Crippen LogP contribution < -0.4 is 5.32 Å². The average Bonchev–Trinajstić information content (AvgIpc) is 3.34. The van der Waals surface area contributed by atoms with Crippen molar-refractivity contribution in [2.75, 3.05) is 6.54 Å². The van der Waals surface area contributed by atoms with Gasteiger partial charge in [-0.3, -0.25) is 0 Å². The van der Waals surface area contributed by atoms with Crippen molar-refractivity contribution >= 4 is 0 Å². The summed E-state index contributed by atoms with van der Waals surface area (Å²) in [5.41, 5.74) is 5.40. The van der Waals surface area contributed by atoms with E-state index in [2.05, 4.69) is 67.7 Å². The Balaban J connectivity index is 0.000000847. The average molecular weight is 295 g/mol. The minimum atomic E-state index is 0.315. The SMILES string of the molecule is CC.Cc1cccc(C(NCC2CC2)c2cccc(C)c2)c1. The van der Waals surface area contributed by atoms with Crippen molar-refractivity contribution in [3.63, 3.8) is 0 Å². The monoisotopic (exact) mass is 295 g/mol. The number of benzene rings is 2. The molecule has 1 heteroatoms. The standard InChI is InChI=1S/C19H23N.C2H6/c1-14-5-3-7-17(11-14)19(20-13-16-9-10-16)18-8-4-6-15(2)12-18;1-2/h3-8,11-12,16,19-20H,9-10,13H2,1-2H3;1-2H3. The molecule has 0 radical (unpaired) electrons. The number of hydrogen-bond donors (Lipinski definition) is 1. The molecule has 1 fully saturated rings. The first-order chi connectivity index (χ1) is 10.7. The highest BCUT2D eigenvalue weighted by Crippen LogP contribution is 2.30. The molecule has 1 aliphatic carbocycles. The summed E-state index contributed by atoms with van der Waals surface area (Å²) in [6.45, 7) is 9.46. The van der Waals surface area contributed by atoms with Crippen LogP contribution in [-0.2, 0) is 0 Å². The van der Waals surface area contributed by atoms with E-state index in [-0.39, 0.29) is 0 Å². The predicted octanol–water partition coefficient (Wildman–Crippen LogP) is 5.42. The third-order valence-electron chi connectivity index (χ3n) is 4.06. The smallest absolute Gasteiger partial charge is 0.0577 e. The zero-order valence-corrected chi connectivity index (χ0v) is 14.4. The van der Waals surface area contributed by atoms with Crippen LogP contribution in [0.1, 0.15) is 55.0 Å². The minimum absolute atomic E-state index is 0.315. The first kappa shape index (κ1) is 16.8. The van der Waals surface area contributed by atoms with E-state index in [1.165, 1.54) is 35.1 Å². The van der Waals surface area contributed by atoms with Gasteiger partial charge in [-0.1, -0.05) is 73.5 Å². The van der Waals surface area contributed by atoms with Crippen molar-refractivity contribution in [2.45, 2.75) is 46.6 Å². The maximum Gasteiger partial charge on any atom is 0.0577 e. The van der Waals surface area contributed by atoms with E-state index in [4.69, 9.17) is 0 Å². The molecule has 2 aromatic carbocycles. The highest BCUT2D eigenvalue weighted by molar-refractivity contribution is 5.35. The lowest BCUT2D eigenvalue weighted by Crippen LogP contribution is -2.24. The number of aryl methyl sites for hydroxylation is 2. The summed E-state index contributed by atoms with van der Waals surface area (Å²) in [6.07, 6.45) is 2.78.